The lowest BCUT2D eigenvalue weighted by atomic mass is 9.80. The summed E-state index contributed by atoms with van der Waals surface area (Å²) in [7, 11) is 0. The lowest BCUT2D eigenvalue weighted by Gasteiger charge is -2.28. The summed E-state index contributed by atoms with van der Waals surface area (Å²) in [5.74, 6) is -3.65. The highest BCUT2D eigenvalue weighted by Crippen LogP contribution is 2.59. The van der Waals surface area contributed by atoms with Gasteiger partial charge in [-0.15, -0.1) is 23.2 Å². The summed E-state index contributed by atoms with van der Waals surface area (Å²) in [4.78, 5) is 50.5. The molecule has 1 saturated heterocycles. The number of anilines is 1. The first-order valence-corrected chi connectivity index (χ1v) is 11.3. The molecular formula is C19H16BrCl3N2O5. The predicted octanol–water partition coefficient (Wildman–Crippen LogP) is 3.05. The van der Waals surface area contributed by atoms with Crippen molar-refractivity contribution < 1.29 is 23.9 Å². The summed E-state index contributed by atoms with van der Waals surface area (Å²) in [6, 6.07) is 4.82. The van der Waals surface area contributed by atoms with Crippen molar-refractivity contribution >= 4 is 80.1 Å². The number of carbonyl (C=O) groups excluding carboxylic acids is 4. The SMILES string of the molecule is O=C(COC(=O)CN1C(=O)[C@@H]2[C@H]3C[C@@H]([C@H](Cl)[C@H]3Cl)[C@@H]2C1=O)Nc1ccc(Br)c(Cl)c1. The standard InChI is InChI=1S/C19H16BrCl3N2O5/c20-10-2-1-7(3-11(10)21)24-12(26)6-30-13(27)5-25-18(28)14-8-4-9(15(14)19(25)29)17(23)16(8)22/h1-3,8-9,14-17H,4-6H2,(H,24,26)/t8-,9-,14-,15+,16+,17+/m1/s1. The van der Waals surface area contributed by atoms with Crippen LogP contribution in [0.2, 0.25) is 5.02 Å². The topological polar surface area (TPSA) is 92.8 Å². The predicted molar refractivity (Wildman–Crippen MR) is 113 cm³/mol. The molecule has 2 aliphatic carbocycles. The maximum absolute atomic E-state index is 12.7. The van der Waals surface area contributed by atoms with Gasteiger partial charge >= 0.3 is 5.97 Å². The number of ether oxygens (including phenoxy) is 1. The highest BCUT2D eigenvalue weighted by Gasteiger charge is 2.66. The average Bonchev–Trinajstić information content (AvgIpc) is 3.30. The van der Waals surface area contributed by atoms with Crippen molar-refractivity contribution in [2.75, 3.05) is 18.5 Å². The first-order chi connectivity index (χ1) is 14.2. The molecule has 3 fully saturated rings. The lowest BCUT2D eigenvalue weighted by Crippen LogP contribution is -2.38. The van der Waals surface area contributed by atoms with Crippen LogP contribution in [-0.4, -0.2) is 52.5 Å². The number of alkyl halides is 2. The number of rotatable bonds is 5. The summed E-state index contributed by atoms with van der Waals surface area (Å²) < 4.78 is 5.60. The minimum absolute atomic E-state index is 0.162. The van der Waals surface area contributed by atoms with E-state index in [1.165, 1.54) is 6.07 Å². The summed E-state index contributed by atoms with van der Waals surface area (Å²) in [6.45, 7) is -1.10. The van der Waals surface area contributed by atoms with Gasteiger partial charge in [0.05, 0.1) is 27.6 Å². The maximum Gasteiger partial charge on any atom is 0.326 e. The van der Waals surface area contributed by atoms with Gasteiger partial charge in [-0.2, -0.15) is 0 Å². The second kappa shape index (κ2) is 8.30. The highest BCUT2D eigenvalue weighted by molar-refractivity contribution is 9.10. The van der Waals surface area contributed by atoms with Crippen molar-refractivity contribution in [3.8, 4) is 0 Å². The van der Waals surface area contributed by atoms with Crippen LogP contribution in [0.25, 0.3) is 0 Å². The van der Waals surface area contributed by atoms with Gasteiger partial charge in [-0.1, -0.05) is 11.6 Å². The van der Waals surface area contributed by atoms with Crippen molar-refractivity contribution in [1.29, 1.82) is 0 Å². The first-order valence-electron chi connectivity index (χ1n) is 9.23. The van der Waals surface area contributed by atoms with E-state index in [9.17, 15) is 19.2 Å². The summed E-state index contributed by atoms with van der Waals surface area (Å²) in [5.41, 5.74) is 0.434. The number of fused-ring (bicyclic) bond motifs is 5. The number of halogens is 4. The van der Waals surface area contributed by atoms with Gasteiger partial charge in [0.1, 0.15) is 6.54 Å². The number of nitrogens with one attached hydrogen (secondary N) is 1. The molecule has 1 aromatic rings. The van der Waals surface area contributed by atoms with Crippen molar-refractivity contribution in [2.24, 2.45) is 23.7 Å². The molecule has 2 saturated carbocycles. The molecule has 0 unspecified atom stereocenters. The van der Waals surface area contributed by atoms with Crippen LogP contribution in [-0.2, 0) is 23.9 Å². The monoisotopic (exact) mass is 536 g/mol. The zero-order chi connectivity index (χ0) is 21.7. The molecule has 2 bridgehead atoms. The summed E-state index contributed by atoms with van der Waals surface area (Å²) >= 11 is 21.8. The second-order valence-corrected chi connectivity index (χ2v) is 9.87. The molecule has 1 heterocycles. The van der Waals surface area contributed by atoms with Crippen LogP contribution in [0.15, 0.2) is 22.7 Å². The Balaban J connectivity index is 1.31. The Bertz CT molecular complexity index is 913. The third-order valence-corrected chi connectivity index (χ3v) is 8.48. The quantitative estimate of drug-likeness (QED) is 0.354. The van der Waals surface area contributed by atoms with Crippen molar-refractivity contribution in [3.63, 3.8) is 0 Å². The molecule has 30 heavy (non-hydrogen) atoms. The van der Waals surface area contributed by atoms with Crippen LogP contribution in [0.4, 0.5) is 5.69 Å². The Labute approximate surface area is 195 Å². The minimum Gasteiger partial charge on any atom is -0.454 e. The van der Waals surface area contributed by atoms with E-state index in [0.717, 1.165) is 4.90 Å². The highest BCUT2D eigenvalue weighted by atomic mass is 79.9. The number of imide groups is 1. The van der Waals surface area contributed by atoms with Gasteiger partial charge in [0.2, 0.25) is 11.8 Å². The van der Waals surface area contributed by atoms with Crippen molar-refractivity contribution in [3.05, 3.63) is 27.7 Å². The molecule has 160 valence electrons. The fraction of sp³-hybridized carbons (Fsp3) is 0.474. The number of amides is 3. The van der Waals surface area contributed by atoms with Gasteiger partial charge in [-0.05, 0) is 52.4 Å². The maximum atomic E-state index is 12.7. The summed E-state index contributed by atoms with van der Waals surface area (Å²) in [6.07, 6.45) is 0.647. The van der Waals surface area contributed by atoms with E-state index in [0.29, 0.717) is 21.6 Å². The number of nitrogens with zero attached hydrogens (tertiary/aromatic N) is 1. The van der Waals surface area contributed by atoms with Crippen LogP contribution in [0, 0.1) is 23.7 Å². The normalized spacial score (nSPS) is 31.8. The van der Waals surface area contributed by atoms with Crippen LogP contribution in [0.1, 0.15) is 6.42 Å². The van der Waals surface area contributed by atoms with Crippen LogP contribution in [0.5, 0.6) is 0 Å². The first kappa shape index (κ1) is 21.9. The van der Waals surface area contributed by atoms with Gasteiger partial charge in [-0.3, -0.25) is 24.1 Å². The van der Waals surface area contributed by atoms with Crippen LogP contribution >= 0.6 is 50.7 Å². The third kappa shape index (κ3) is 3.72. The molecule has 11 heteroatoms. The molecule has 1 N–H and O–H groups in total. The third-order valence-electron chi connectivity index (χ3n) is 5.93. The van der Waals surface area contributed by atoms with Crippen LogP contribution in [0.3, 0.4) is 0 Å². The fourth-order valence-electron chi connectivity index (χ4n) is 4.66. The van der Waals surface area contributed by atoms with E-state index < -0.39 is 48.7 Å². The number of esters is 1. The molecule has 7 nitrogen and oxygen atoms in total. The van der Waals surface area contributed by atoms with Crippen LogP contribution < -0.4 is 5.32 Å². The van der Waals surface area contributed by atoms with E-state index in [1.807, 2.05) is 0 Å². The Morgan fingerprint density at radius 2 is 1.73 bits per heavy atom. The zero-order valence-corrected chi connectivity index (χ0v) is 19.2. The zero-order valence-electron chi connectivity index (χ0n) is 15.3. The molecular weight excluding hydrogens is 522 g/mol. The van der Waals surface area contributed by atoms with Crippen molar-refractivity contribution in [2.45, 2.75) is 17.2 Å². The molecule has 3 amide bonds. The molecule has 3 aliphatic rings. The number of carbonyl (C=O) groups is 4. The molecule has 6 atom stereocenters. The lowest BCUT2D eigenvalue weighted by molar-refractivity contribution is -0.154. The Morgan fingerprint density at radius 1 is 1.13 bits per heavy atom. The Morgan fingerprint density at radius 3 is 2.30 bits per heavy atom. The smallest absolute Gasteiger partial charge is 0.326 e. The number of likely N-dealkylation sites (tertiary alicyclic amines) is 1. The fourth-order valence-corrected chi connectivity index (χ4v) is 5.98. The number of hydrogen-bond acceptors (Lipinski definition) is 5. The van der Waals surface area contributed by atoms with Gasteiger partial charge in [-0.25, -0.2) is 0 Å². The van der Waals surface area contributed by atoms with E-state index in [2.05, 4.69) is 21.2 Å². The van der Waals surface area contributed by atoms with Gasteiger partial charge < -0.3 is 10.1 Å². The summed E-state index contributed by atoms with van der Waals surface area (Å²) in [5, 5.41) is 2.22. The average molecular weight is 539 g/mol. The Kier molecular flexibility index (Phi) is 6.05. The van der Waals surface area contributed by atoms with Gasteiger partial charge in [0.25, 0.3) is 5.91 Å². The van der Waals surface area contributed by atoms with Gasteiger partial charge in [0, 0.05) is 10.2 Å². The molecule has 1 aromatic carbocycles. The number of benzene rings is 1. The second-order valence-electron chi connectivity index (χ2n) is 7.60. The Hall–Kier alpha value is -1.35. The minimum atomic E-state index is -0.849. The van der Waals surface area contributed by atoms with E-state index in [4.69, 9.17) is 39.5 Å². The molecule has 1 aliphatic heterocycles. The van der Waals surface area contributed by atoms with E-state index >= 15 is 0 Å². The van der Waals surface area contributed by atoms with Gasteiger partial charge in [0.15, 0.2) is 6.61 Å². The van der Waals surface area contributed by atoms with E-state index in [1.54, 1.807) is 12.1 Å². The molecule has 0 aromatic heterocycles. The molecule has 0 spiro atoms. The molecule has 4 rings (SSSR count). The van der Waals surface area contributed by atoms with E-state index in [-0.39, 0.29) is 22.6 Å². The number of hydrogen-bond donors (Lipinski definition) is 1. The van der Waals surface area contributed by atoms with Crippen molar-refractivity contribution in [1.82, 2.24) is 4.90 Å². The largest absolute Gasteiger partial charge is 0.454 e. The molecule has 0 radical (unpaired) electrons.